The van der Waals surface area contributed by atoms with Crippen molar-refractivity contribution in [2.24, 2.45) is 0 Å². The van der Waals surface area contributed by atoms with Crippen LogP contribution in [0.3, 0.4) is 0 Å². The number of benzene rings is 2. The number of nitrogens with one attached hydrogen (secondary N) is 1. The predicted octanol–water partition coefficient (Wildman–Crippen LogP) is 6.18. The molecule has 0 bridgehead atoms. The Balaban J connectivity index is 1.73. The van der Waals surface area contributed by atoms with E-state index < -0.39 is 57.9 Å². The van der Waals surface area contributed by atoms with Gasteiger partial charge in [0.25, 0.3) is 0 Å². The molecule has 1 heterocycles. The maximum absolute atomic E-state index is 13.5. The zero-order valence-corrected chi connectivity index (χ0v) is 25.9. The second-order valence-corrected chi connectivity index (χ2v) is 13.2. The van der Waals surface area contributed by atoms with Crippen LogP contribution >= 0.6 is 0 Å². The number of hydrogen-bond donors (Lipinski definition) is 1. The number of aryl methyl sites for hydroxylation is 1. The molecule has 0 radical (unpaired) electrons. The predicted molar refractivity (Wildman–Crippen MR) is 157 cm³/mol. The van der Waals surface area contributed by atoms with Crippen molar-refractivity contribution in [3.05, 3.63) is 70.8 Å². The third-order valence-electron chi connectivity index (χ3n) is 7.76. The number of amides is 2. The Bertz CT molecular complexity index is 1400. The summed E-state index contributed by atoms with van der Waals surface area (Å²) < 4.78 is 107. The first-order valence-electron chi connectivity index (χ1n) is 15.0. The molecule has 1 aliphatic rings. The minimum Gasteiger partial charge on any atom is -0.351 e. The van der Waals surface area contributed by atoms with Gasteiger partial charge >= 0.3 is 12.4 Å². The van der Waals surface area contributed by atoms with Gasteiger partial charge in [0.2, 0.25) is 21.8 Å². The van der Waals surface area contributed by atoms with Gasteiger partial charge in [0, 0.05) is 32.6 Å². The van der Waals surface area contributed by atoms with E-state index in [1.807, 2.05) is 0 Å². The van der Waals surface area contributed by atoms with Crippen LogP contribution in [0, 0.1) is 0 Å². The zero-order chi connectivity index (χ0) is 33.3. The molecule has 0 aliphatic carbocycles. The van der Waals surface area contributed by atoms with Crippen molar-refractivity contribution in [1.82, 2.24) is 14.5 Å². The van der Waals surface area contributed by atoms with Crippen LogP contribution in [0.1, 0.15) is 74.1 Å². The number of alkyl halides is 6. The summed E-state index contributed by atoms with van der Waals surface area (Å²) in [6.07, 6.45) is -4.44. The van der Waals surface area contributed by atoms with Crippen LogP contribution in [-0.4, -0.2) is 60.9 Å². The van der Waals surface area contributed by atoms with Gasteiger partial charge in [0.05, 0.1) is 16.9 Å². The fourth-order valence-corrected chi connectivity index (χ4v) is 7.00. The van der Waals surface area contributed by atoms with Crippen LogP contribution < -0.4 is 5.32 Å². The summed E-state index contributed by atoms with van der Waals surface area (Å²) in [5, 5.41) is 2.42. The highest BCUT2D eigenvalue weighted by Crippen LogP contribution is 2.32. The van der Waals surface area contributed by atoms with E-state index in [1.165, 1.54) is 35.2 Å². The highest BCUT2D eigenvalue weighted by Gasteiger charge is 2.40. The number of sulfonamides is 1. The molecule has 1 saturated heterocycles. The SMILES string of the molecule is CCCCCCCCS(=O)(=O)N1CCN(C(=O)CCc2cccc(C(F)(F)F)c2)CC1C(=O)NCc1ccccc1C(F)(F)F. The van der Waals surface area contributed by atoms with E-state index in [0.29, 0.717) is 12.8 Å². The molecule has 3 rings (SSSR count). The van der Waals surface area contributed by atoms with E-state index in [4.69, 9.17) is 0 Å². The molecule has 0 spiro atoms. The third kappa shape index (κ3) is 10.7. The van der Waals surface area contributed by atoms with E-state index in [-0.39, 0.29) is 49.4 Å². The smallest absolute Gasteiger partial charge is 0.351 e. The average molecular weight is 664 g/mol. The van der Waals surface area contributed by atoms with Gasteiger partial charge in [-0.3, -0.25) is 9.59 Å². The Morgan fingerprint density at radius 2 is 1.58 bits per heavy atom. The molecule has 1 fully saturated rings. The molecule has 250 valence electrons. The Morgan fingerprint density at radius 1 is 0.889 bits per heavy atom. The van der Waals surface area contributed by atoms with Crippen molar-refractivity contribution in [2.45, 2.75) is 83.2 Å². The second-order valence-electron chi connectivity index (χ2n) is 11.1. The van der Waals surface area contributed by atoms with E-state index in [9.17, 15) is 44.3 Å². The van der Waals surface area contributed by atoms with E-state index in [0.717, 1.165) is 48.2 Å². The van der Waals surface area contributed by atoms with Gasteiger partial charge in [-0.15, -0.1) is 0 Å². The Hall–Kier alpha value is -3.13. The first-order valence-corrected chi connectivity index (χ1v) is 16.6. The van der Waals surface area contributed by atoms with Crippen molar-refractivity contribution in [2.75, 3.05) is 25.4 Å². The molecule has 0 saturated carbocycles. The summed E-state index contributed by atoms with van der Waals surface area (Å²) in [7, 11) is -3.96. The van der Waals surface area contributed by atoms with Gasteiger partial charge < -0.3 is 10.2 Å². The number of halogens is 6. The number of carbonyl (C=O) groups excluding carboxylic acids is 2. The van der Waals surface area contributed by atoms with E-state index in [1.54, 1.807) is 0 Å². The van der Waals surface area contributed by atoms with Gasteiger partial charge in [0.1, 0.15) is 6.04 Å². The van der Waals surface area contributed by atoms with Crippen LogP contribution in [-0.2, 0) is 44.9 Å². The molecule has 14 heteroatoms. The van der Waals surface area contributed by atoms with Crippen molar-refractivity contribution in [1.29, 1.82) is 0 Å². The molecule has 2 amide bonds. The van der Waals surface area contributed by atoms with Gasteiger partial charge in [-0.1, -0.05) is 75.4 Å². The molecule has 2 aromatic rings. The topological polar surface area (TPSA) is 86.8 Å². The first kappa shape index (κ1) is 36.3. The molecule has 1 unspecified atom stereocenters. The number of unbranched alkanes of at least 4 members (excludes halogenated alkanes) is 5. The monoisotopic (exact) mass is 663 g/mol. The summed E-state index contributed by atoms with van der Waals surface area (Å²) in [5.74, 6) is -1.56. The Labute approximate surface area is 260 Å². The van der Waals surface area contributed by atoms with Crippen LogP contribution in [0.15, 0.2) is 48.5 Å². The molecule has 0 aromatic heterocycles. The largest absolute Gasteiger partial charge is 0.416 e. The number of rotatable bonds is 14. The summed E-state index contributed by atoms with van der Waals surface area (Å²) in [4.78, 5) is 27.7. The lowest BCUT2D eigenvalue weighted by Gasteiger charge is -2.39. The van der Waals surface area contributed by atoms with Crippen molar-refractivity contribution >= 4 is 21.8 Å². The highest BCUT2D eigenvalue weighted by molar-refractivity contribution is 7.89. The quantitative estimate of drug-likeness (QED) is 0.193. The van der Waals surface area contributed by atoms with Crippen molar-refractivity contribution in [3.8, 4) is 0 Å². The number of carbonyl (C=O) groups is 2. The Kier molecular flexibility index (Phi) is 12.9. The lowest BCUT2D eigenvalue weighted by molar-refractivity contribution is -0.139. The van der Waals surface area contributed by atoms with Crippen molar-refractivity contribution in [3.63, 3.8) is 0 Å². The Morgan fingerprint density at radius 3 is 2.27 bits per heavy atom. The van der Waals surface area contributed by atoms with Crippen molar-refractivity contribution < 1.29 is 44.3 Å². The average Bonchev–Trinajstić information content (AvgIpc) is 2.99. The minimum atomic E-state index is -4.67. The van der Waals surface area contributed by atoms with Gasteiger partial charge in [-0.25, -0.2) is 8.42 Å². The molecular formula is C31H39F6N3O4S. The van der Waals surface area contributed by atoms with Gasteiger partial charge in [-0.2, -0.15) is 30.6 Å². The molecule has 1 atom stereocenters. The van der Waals surface area contributed by atoms with E-state index in [2.05, 4.69) is 12.2 Å². The minimum absolute atomic E-state index is 0.00954. The maximum atomic E-state index is 13.5. The lowest BCUT2D eigenvalue weighted by Crippen LogP contribution is -2.61. The fraction of sp³-hybridized carbons (Fsp3) is 0.548. The standard InChI is InChI=1S/C31H39F6N3O4S/c1-2-3-4-5-6-9-19-45(43,44)40-18-17-39(28(41)16-15-23-11-10-13-25(20-23)30(32,33)34)22-27(40)29(42)38-21-24-12-7-8-14-26(24)31(35,36)37/h7-8,10-14,20,27H,2-6,9,15-19,21-22H2,1H3,(H,38,42). The molecular weight excluding hydrogens is 624 g/mol. The number of piperazine rings is 1. The zero-order valence-electron chi connectivity index (χ0n) is 25.1. The van der Waals surface area contributed by atoms with Crippen LogP contribution in [0.25, 0.3) is 0 Å². The second kappa shape index (κ2) is 15.9. The maximum Gasteiger partial charge on any atom is 0.416 e. The number of hydrogen-bond acceptors (Lipinski definition) is 4. The van der Waals surface area contributed by atoms with Crippen LogP contribution in [0.4, 0.5) is 26.3 Å². The van der Waals surface area contributed by atoms with Gasteiger partial charge in [0.15, 0.2) is 0 Å². The summed E-state index contributed by atoms with van der Waals surface area (Å²) >= 11 is 0. The van der Waals surface area contributed by atoms with Crippen LogP contribution in [0.5, 0.6) is 0 Å². The van der Waals surface area contributed by atoms with E-state index >= 15 is 0 Å². The lowest BCUT2D eigenvalue weighted by atomic mass is 10.0. The van der Waals surface area contributed by atoms with Gasteiger partial charge in [-0.05, 0) is 36.1 Å². The molecule has 7 nitrogen and oxygen atoms in total. The molecule has 1 N–H and O–H groups in total. The summed E-state index contributed by atoms with van der Waals surface area (Å²) in [5.41, 5.74) is -1.70. The number of nitrogens with zero attached hydrogens (tertiary/aromatic N) is 2. The first-order chi connectivity index (χ1) is 21.1. The normalized spacial score (nSPS) is 16.5. The van der Waals surface area contributed by atoms with Crippen LogP contribution in [0.2, 0.25) is 0 Å². The highest BCUT2D eigenvalue weighted by atomic mass is 32.2. The summed E-state index contributed by atoms with van der Waals surface area (Å²) in [6, 6.07) is 7.89. The summed E-state index contributed by atoms with van der Waals surface area (Å²) in [6.45, 7) is 0.958. The molecule has 2 aromatic carbocycles. The third-order valence-corrected chi connectivity index (χ3v) is 9.71. The fourth-order valence-electron chi connectivity index (χ4n) is 5.29. The molecule has 45 heavy (non-hydrogen) atoms. The molecule has 1 aliphatic heterocycles.